The zero-order valence-corrected chi connectivity index (χ0v) is 10.7. The number of hydrogen-bond acceptors (Lipinski definition) is 3. The van der Waals surface area contributed by atoms with Crippen LogP contribution in [-0.2, 0) is 0 Å². The van der Waals surface area contributed by atoms with Crippen molar-refractivity contribution in [1.29, 1.82) is 5.26 Å². The summed E-state index contributed by atoms with van der Waals surface area (Å²) in [5.74, 6) is 0.686. The van der Waals surface area contributed by atoms with Crippen molar-refractivity contribution < 1.29 is 4.74 Å². The molecule has 0 amide bonds. The van der Waals surface area contributed by atoms with Crippen LogP contribution in [0.2, 0.25) is 0 Å². The third kappa shape index (κ3) is 2.55. The highest BCUT2D eigenvalue weighted by molar-refractivity contribution is 9.10. The monoisotopic (exact) mass is 280 g/mol. The van der Waals surface area contributed by atoms with Crippen LogP contribution in [0, 0.1) is 11.3 Å². The first kappa shape index (κ1) is 11.4. The molecule has 0 radical (unpaired) electrons. The van der Waals surface area contributed by atoms with E-state index >= 15 is 0 Å². The molecule has 0 N–H and O–H groups in total. The lowest BCUT2D eigenvalue weighted by atomic mass is 10.2. The number of halogens is 1. The van der Waals surface area contributed by atoms with Crippen molar-refractivity contribution >= 4 is 15.9 Å². The average Bonchev–Trinajstić information content (AvgIpc) is 2.67. The molecular weight excluding hydrogens is 268 g/mol. The maximum absolute atomic E-state index is 9.01. The number of ether oxygens (including phenoxy) is 1. The molecule has 0 spiro atoms. The van der Waals surface area contributed by atoms with Gasteiger partial charge in [-0.05, 0) is 31.7 Å². The molecule has 1 heterocycles. The first-order valence-corrected chi connectivity index (χ1v) is 6.03. The summed E-state index contributed by atoms with van der Waals surface area (Å²) in [7, 11) is 2.08. The molecule has 1 aliphatic rings. The van der Waals surface area contributed by atoms with Crippen LogP contribution in [0.3, 0.4) is 0 Å². The highest BCUT2D eigenvalue weighted by Gasteiger charge is 2.21. The molecule has 4 heteroatoms. The normalized spacial score (nSPS) is 20.7. The molecule has 1 fully saturated rings. The molecule has 0 aliphatic carbocycles. The van der Waals surface area contributed by atoms with E-state index in [4.69, 9.17) is 10.00 Å². The summed E-state index contributed by atoms with van der Waals surface area (Å²) in [6, 6.07) is 7.68. The molecule has 1 aromatic rings. The number of nitriles is 1. The van der Waals surface area contributed by atoms with Crippen LogP contribution in [0.5, 0.6) is 5.75 Å². The van der Waals surface area contributed by atoms with Crippen LogP contribution in [0.25, 0.3) is 0 Å². The van der Waals surface area contributed by atoms with E-state index in [9.17, 15) is 0 Å². The van der Waals surface area contributed by atoms with Gasteiger partial charge in [0.25, 0.3) is 0 Å². The Morgan fingerprint density at radius 1 is 1.56 bits per heavy atom. The highest BCUT2D eigenvalue weighted by Crippen LogP contribution is 2.25. The third-order valence-electron chi connectivity index (χ3n) is 2.70. The van der Waals surface area contributed by atoms with Crippen molar-refractivity contribution in [1.82, 2.24) is 4.90 Å². The van der Waals surface area contributed by atoms with E-state index in [2.05, 4.69) is 33.9 Å². The van der Waals surface area contributed by atoms with Crippen LogP contribution in [0.1, 0.15) is 12.0 Å². The Morgan fingerprint density at radius 3 is 3.00 bits per heavy atom. The van der Waals surface area contributed by atoms with Gasteiger partial charge in [0.2, 0.25) is 0 Å². The predicted octanol–water partition coefficient (Wildman–Crippen LogP) is 2.40. The van der Waals surface area contributed by atoms with Crippen LogP contribution in [0.15, 0.2) is 22.7 Å². The molecule has 84 valence electrons. The standard InChI is InChI=1S/C12H13BrN2O/c1-15-5-4-11(8-15)16-12-3-2-10(13)6-9(12)7-14/h2-3,6,11H,4-5,8H2,1H3. The fourth-order valence-corrected chi connectivity index (χ4v) is 2.22. The molecule has 1 aliphatic heterocycles. The molecule has 3 nitrogen and oxygen atoms in total. The molecule has 1 atom stereocenters. The Bertz CT molecular complexity index is 428. The summed E-state index contributed by atoms with van der Waals surface area (Å²) in [5, 5.41) is 9.01. The Hall–Kier alpha value is -1.05. The second-order valence-corrected chi connectivity index (χ2v) is 4.96. The lowest BCUT2D eigenvalue weighted by molar-refractivity contribution is 0.207. The number of likely N-dealkylation sites (N-methyl/N-ethyl adjacent to an activating group) is 1. The van der Waals surface area contributed by atoms with Gasteiger partial charge in [-0.25, -0.2) is 0 Å². The van der Waals surface area contributed by atoms with Crippen molar-refractivity contribution in [2.24, 2.45) is 0 Å². The van der Waals surface area contributed by atoms with Gasteiger partial charge in [0.15, 0.2) is 0 Å². The van der Waals surface area contributed by atoms with Gasteiger partial charge in [0.1, 0.15) is 17.9 Å². The fraction of sp³-hybridized carbons (Fsp3) is 0.417. The second kappa shape index (κ2) is 4.86. The van der Waals surface area contributed by atoms with E-state index in [-0.39, 0.29) is 6.10 Å². The van der Waals surface area contributed by atoms with E-state index in [0.29, 0.717) is 11.3 Å². The number of benzene rings is 1. The van der Waals surface area contributed by atoms with E-state index in [1.807, 2.05) is 12.1 Å². The first-order valence-electron chi connectivity index (χ1n) is 5.24. The molecule has 1 saturated heterocycles. The molecule has 16 heavy (non-hydrogen) atoms. The maximum atomic E-state index is 9.01. The summed E-state index contributed by atoms with van der Waals surface area (Å²) in [6.07, 6.45) is 1.23. The number of hydrogen-bond donors (Lipinski definition) is 0. The molecule has 2 rings (SSSR count). The Morgan fingerprint density at radius 2 is 2.38 bits per heavy atom. The Kier molecular flexibility index (Phi) is 3.47. The van der Waals surface area contributed by atoms with Gasteiger partial charge < -0.3 is 9.64 Å². The SMILES string of the molecule is CN1CCC(Oc2ccc(Br)cc2C#N)C1. The van der Waals surface area contributed by atoms with E-state index < -0.39 is 0 Å². The molecule has 0 saturated carbocycles. The Balaban J connectivity index is 2.12. The summed E-state index contributed by atoms with van der Waals surface area (Å²) < 4.78 is 6.74. The van der Waals surface area contributed by atoms with E-state index in [1.54, 1.807) is 6.07 Å². The second-order valence-electron chi connectivity index (χ2n) is 4.04. The van der Waals surface area contributed by atoms with E-state index in [0.717, 1.165) is 24.0 Å². The number of rotatable bonds is 2. The summed E-state index contributed by atoms with van der Waals surface area (Å²) in [6.45, 7) is 1.99. The number of nitrogens with zero attached hydrogens (tertiary/aromatic N) is 2. The Labute approximate surface area is 104 Å². The lowest BCUT2D eigenvalue weighted by Gasteiger charge is -2.14. The summed E-state index contributed by atoms with van der Waals surface area (Å²) >= 11 is 3.34. The largest absolute Gasteiger partial charge is 0.488 e. The quantitative estimate of drug-likeness (QED) is 0.835. The van der Waals surface area contributed by atoms with Crippen LogP contribution in [0.4, 0.5) is 0 Å². The van der Waals surface area contributed by atoms with Gasteiger partial charge in [0, 0.05) is 17.6 Å². The first-order chi connectivity index (χ1) is 7.69. The predicted molar refractivity (Wildman–Crippen MR) is 65.4 cm³/mol. The van der Waals surface area contributed by atoms with Crippen LogP contribution in [-0.4, -0.2) is 31.1 Å². The van der Waals surface area contributed by atoms with Crippen LogP contribution >= 0.6 is 15.9 Å². The smallest absolute Gasteiger partial charge is 0.137 e. The van der Waals surface area contributed by atoms with Gasteiger partial charge in [0.05, 0.1) is 5.56 Å². The molecule has 1 aromatic carbocycles. The van der Waals surface area contributed by atoms with Gasteiger partial charge >= 0.3 is 0 Å². The van der Waals surface area contributed by atoms with Gasteiger partial charge in [-0.3, -0.25) is 0 Å². The van der Waals surface area contributed by atoms with Crippen molar-refractivity contribution in [2.75, 3.05) is 20.1 Å². The van der Waals surface area contributed by atoms with Crippen molar-refractivity contribution in [3.05, 3.63) is 28.2 Å². The van der Waals surface area contributed by atoms with Crippen LogP contribution < -0.4 is 4.74 Å². The van der Waals surface area contributed by atoms with Gasteiger partial charge in [-0.1, -0.05) is 15.9 Å². The topological polar surface area (TPSA) is 36.3 Å². The molecule has 0 bridgehead atoms. The average molecular weight is 281 g/mol. The van der Waals surface area contributed by atoms with Crippen molar-refractivity contribution in [2.45, 2.75) is 12.5 Å². The van der Waals surface area contributed by atoms with Crippen molar-refractivity contribution in [3.8, 4) is 11.8 Å². The minimum Gasteiger partial charge on any atom is -0.488 e. The highest BCUT2D eigenvalue weighted by atomic mass is 79.9. The van der Waals surface area contributed by atoms with E-state index in [1.165, 1.54) is 0 Å². The van der Waals surface area contributed by atoms with Crippen molar-refractivity contribution in [3.63, 3.8) is 0 Å². The molecular formula is C12H13BrN2O. The van der Waals surface area contributed by atoms with Gasteiger partial charge in [-0.15, -0.1) is 0 Å². The maximum Gasteiger partial charge on any atom is 0.137 e. The minimum absolute atomic E-state index is 0.207. The zero-order chi connectivity index (χ0) is 11.5. The minimum atomic E-state index is 0.207. The zero-order valence-electron chi connectivity index (χ0n) is 9.11. The molecule has 0 aromatic heterocycles. The third-order valence-corrected chi connectivity index (χ3v) is 3.20. The van der Waals surface area contributed by atoms with Gasteiger partial charge in [-0.2, -0.15) is 5.26 Å². The fourth-order valence-electron chi connectivity index (χ4n) is 1.86. The molecule has 1 unspecified atom stereocenters. The lowest BCUT2D eigenvalue weighted by Crippen LogP contribution is -2.21. The number of likely N-dealkylation sites (tertiary alicyclic amines) is 1. The summed E-state index contributed by atoms with van der Waals surface area (Å²) in [5.41, 5.74) is 0.587. The summed E-state index contributed by atoms with van der Waals surface area (Å²) in [4.78, 5) is 2.23.